The Hall–Kier alpha value is -0.300. The third kappa shape index (κ3) is 2.60. The summed E-state index contributed by atoms with van der Waals surface area (Å²) in [5, 5.41) is 7.04. The molecule has 1 aromatic heterocycles. The molecule has 0 radical (unpaired) electrons. The highest BCUT2D eigenvalue weighted by atomic mass is 35.5. The van der Waals surface area contributed by atoms with Gasteiger partial charge < -0.3 is 9.26 Å². The molecule has 0 spiro atoms. The van der Waals surface area contributed by atoms with E-state index in [-0.39, 0.29) is 18.4 Å². The van der Waals surface area contributed by atoms with Crippen molar-refractivity contribution in [3.63, 3.8) is 0 Å². The van der Waals surface area contributed by atoms with Gasteiger partial charge in [-0.3, -0.25) is 5.32 Å². The zero-order valence-corrected chi connectivity index (χ0v) is 9.36. The lowest BCUT2D eigenvalue weighted by Crippen LogP contribution is -2.14. The molecule has 0 aromatic carbocycles. The van der Waals surface area contributed by atoms with Gasteiger partial charge in [0.05, 0.1) is 6.04 Å². The van der Waals surface area contributed by atoms with Gasteiger partial charge in [-0.05, 0) is 0 Å². The zero-order chi connectivity index (χ0) is 9.10. The number of hydrogen-bond acceptors (Lipinski definition) is 6. The van der Waals surface area contributed by atoms with Crippen molar-refractivity contribution in [3.8, 4) is 0 Å². The van der Waals surface area contributed by atoms with Crippen molar-refractivity contribution in [1.29, 1.82) is 0 Å². The second-order valence-corrected chi connectivity index (χ2v) is 3.78. The molecule has 0 amide bonds. The second kappa shape index (κ2) is 5.55. The number of halogens is 1. The van der Waals surface area contributed by atoms with Crippen LogP contribution in [0.3, 0.4) is 0 Å². The molecular weight excluding hydrogens is 226 g/mol. The molecule has 14 heavy (non-hydrogen) atoms. The maximum Gasteiger partial charge on any atom is 0.244 e. The summed E-state index contributed by atoms with van der Waals surface area (Å²) in [6.45, 7) is 0.406. The van der Waals surface area contributed by atoms with Crippen molar-refractivity contribution in [2.45, 2.75) is 12.6 Å². The van der Waals surface area contributed by atoms with Crippen molar-refractivity contribution in [2.24, 2.45) is 0 Å². The minimum Gasteiger partial charge on any atom is -0.377 e. The van der Waals surface area contributed by atoms with Crippen LogP contribution in [0.1, 0.15) is 17.8 Å². The largest absolute Gasteiger partial charge is 0.377 e. The van der Waals surface area contributed by atoms with Crippen LogP contribution in [0.25, 0.3) is 0 Å². The molecule has 1 N–H and O–H groups in total. The number of thioether (sulfide) groups is 1. The number of aromatic nitrogens is 2. The molecule has 7 heteroatoms. The number of ether oxygens (including phenoxy) is 1. The molecule has 5 nitrogen and oxygen atoms in total. The monoisotopic (exact) mass is 237 g/mol. The van der Waals surface area contributed by atoms with Gasteiger partial charge in [0.2, 0.25) is 5.89 Å². The van der Waals surface area contributed by atoms with Crippen molar-refractivity contribution in [3.05, 3.63) is 11.7 Å². The average Bonchev–Trinajstić information content (AvgIpc) is 2.70. The molecule has 0 bridgehead atoms. The van der Waals surface area contributed by atoms with E-state index in [0.717, 1.165) is 11.6 Å². The quantitative estimate of drug-likeness (QED) is 0.846. The number of hydrogen-bond donors (Lipinski definition) is 1. The van der Waals surface area contributed by atoms with Crippen molar-refractivity contribution >= 4 is 24.2 Å². The van der Waals surface area contributed by atoms with Crippen LogP contribution in [-0.4, -0.2) is 28.9 Å². The maximum atomic E-state index is 5.08. The van der Waals surface area contributed by atoms with E-state index in [1.54, 1.807) is 7.11 Å². The number of nitrogens with zero attached hydrogens (tertiary/aromatic N) is 2. The molecule has 2 rings (SSSR count). The van der Waals surface area contributed by atoms with Gasteiger partial charge in [-0.15, -0.1) is 24.2 Å². The molecule has 1 fully saturated rings. The Labute approximate surface area is 92.4 Å². The molecule has 0 aliphatic carbocycles. The smallest absolute Gasteiger partial charge is 0.244 e. The van der Waals surface area contributed by atoms with E-state index < -0.39 is 0 Å². The summed E-state index contributed by atoms with van der Waals surface area (Å²) in [5.41, 5.74) is 0. The standard InChI is InChI=1S/C7H11N3O2S.ClH/c1-11-2-6-9-7(12-10-6)5-3-13-4-8-5;/h5,8H,2-4H2,1H3;1H. The van der Waals surface area contributed by atoms with Crippen LogP contribution in [0.5, 0.6) is 0 Å². The molecule has 1 unspecified atom stereocenters. The van der Waals surface area contributed by atoms with Crippen LogP contribution in [0.4, 0.5) is 0 Å². The Morgan fingerprint density at radius 3 is 3.21 bits per heavy atom. The number of rotatable bonds is 3. The fourth-order valence-electron chi connectivity index (χ4n) is 1.15. The van der Waals surface area contributed by atoms with Gasteiger partial charge in [-0.1, -0.05) is 5.16 Å². The molecule has 1 aliphatic heterocycles. The Balaban J connectivity index is 0.000000980. The van der Waals surface area contributed by atoms with E-state index in [1.165, 1.54) is 0 Å². The Morgan fingerprint density at radius 2 is 2.57 bits per heavy atom. The number of nitrogens with one attached hydrogen (secondary N) is 1. The summed E-state index contributed by atoms with van der Waals surface area (Å²) in [4.78, 5) is 4.20. The van der Waals surface area contributed by atoms with E-state index in [1.807, 2.05) is 11.8 Å². The van der Waals surface area contributed by atoms with Crippen molar-refractivity contribution < 1.29 is 9.26 Å². The second-order valence-electron chi connectivity index (χ2n) is 2.75. The van der Waals surface area contributed by atoms with Gasteiger partial charge in [-0.2, -0.15) is 4.98 Å². The van der Waals surface area contributed by atoms with Gasteiger partial charge in [0.15, 0.2) is 5.82 Å². The Bertz CT molecular complexity index is 278. The highest BCUT2D eigenvalue weighted by Gasteiger charge is 2.22. The predicted molar refractivity (Wildman–Crippen MR) is 55.5 cm³/mol. The Kier molecular flexibility index (Phi) is 4.67. The predicted octanol–water partition coefficient (Wildman–Crippen LogP) is 0.973. The Morgan fingerprint density at radius 1 is 1.71 bits per heavy atom. The first-order valence-electron chi connectivity index (χ1n) is 4.02. The molecule has 1 aliphatic rings. The fourth-order valence-corrected chi connectivity index (χ4v) is 2.08. The van der Waals surface area contributed by atoms with Crippen LogP contribution in [0.15, 0.2) is 4.52 Å². The summed E-state index contributed by atoms with van der Waals surface area (Å²) in [7, 11) is 1.61. The average molecular weight is 238 g/mol. The van der Waals surface area contributed by atoms with Crippen LogP contribution in [-0.2, 0) is 11.3 Å². The zero-order valence-electron chi connectivity index (χ0n) is 7.73. The van der Waals surface area contributed by atoms with Gasteiger partial charge in [0, 0.05) is 18.7 Å². The van der Waals surface area contributed by atoms with E-state index in [4.69, 9.17) is 9.26 Å². The first-order valence-corrected chi connectivity index (χ1v) is 5.18. The summed E-state index contributed by atoms with van der Waals surface area (Å²) in [6, 6.07) is 0.211. The van der Waals surface area contributed by atoms with Gasteiger partial charge >= 0.3 is 0 Å². The molecule has 80 valence electrons. The lowest BCUT2D eigenvalue weighted by atomic mass is 10.3. The topological polar surface area (TPSA) is 60.2 Å². The lowest BCUT2D eigenvalue weighted by Gasteiger charge is -1.99. The maximum absolute atomic E-state index is 5.08. The lowest BCUT2D eigenvalue weighted by molar-refractivity contribution is 0.174. The number of methoxy groups -OCH3 is 1. The third-order valence-corrected chi connectivity index (χ3v) is 2.71. The minimum absolute atomic E-state index is 0. The summed E-state index contributed by atoms with van der Waals surface area (Å²) in [6.07, 6.45) is 0. The van der Waals surface area contributed by atoms with E-state index in [2.05, 4.69) is 15.5 Å². The highest BCUT2D eigenvalue weighted by Crippen LogP contribution is 2.22. The van der Waals surface area contributed by atoms with Crippen molar-refractivity contribution in [2.75, 3.05) is 18.7 Å². The van der Waals surface area contributed by atoms with Gasteiger partial charge in [-0.25, -0.2) is 0 Å². The SMILES string of the molecule is COCc1noc(C2CSCN2)n1.Cl. The van der Waals surface area contributed by atoms with Crippen LogP contribution < -0.4 is 5.32 Å². The van der Waals surface area contributed by atoms with E-state index in [9.17, 15) is 0 Å². The van der Waals surface area contributed by atoms with Crippen LogP contribution >= 0.6 is 24.2 Å². The first kappa shape index (κ1) is 11.8. The van der Waals surface area contributed by atoms with E-state index >= 15 is 0 Å². The highest BCUT2D eigenvalue weighted by molar-refractivity contribution is 7.99. The van der Waals surface area contributed by atoms with Crippen molar-refractivity contribution in [1.82, 2.24) is 15.5 Å². The fraction of sp³-hybridized carbons (Fsp3) is 0.714. The summed E-state index contributed by atoms with van der Waals surface area (Å²) >= 11 is 1.83. The molecule has 2 heterocycles. The molecule has 1 aromatic rings. The minimum atomic E-state index is 0. The third-order valence-electron chi connectivity index (χ3n) is 1.77. The molecule has 0 saturated carbocycles. The first-order chi connectivity index (χ1) is 6.40. The van der Waals surface area contributed by atoms with E-state index in [0.29, 0.717) is 18.3 Å². The summed E-state index contributed by atoms with van der Waals surface area (Å²) in [5.74, 6) is 3.22. The van der Waals surface area contributed by atoms with Crippen LogP contribution in [0.2, 0.25) is 0 Å². The van der Waals surface area contributed by atoms with Gasteiger partial charge in [0.1, 0.15) is 6.61 Å². The summed E-state index contributed by atoms with van der Waals surface area (Å²) < 4.78 is 9.98. The van der Waals surface area contributed by atoms with Crippen LogP contribution in [0, 0.1) is 0 Å². The molecule has 1 atom stereocenters. The molecular formula is C7H12ClN3O2S. The molecule has 1 saturated heterocycles. The van der Waals surface area contributed by atoms with Gasteiger partial charge in [0.25, 0.3) is 0 Å². The normalized spacial score (nSPS) is 20.8.